The van der Waals surface area contributed by atoms with Gasteiger partial charge in [0.05, 0.1) is 36.7 Å². The van der Waals surface area contributed by atoms with E-state index in [0.29, 0.717) is 6.54 Å². The number of ether oxygens (including phenoxy) is 1. The first-order valence-corrected chi connectivity index (χ1v) is 14.0. The third-order valence-corrected chi connectivity index (χ3v) is 7.39. The standard InChI is InChI=1S/C29H39N7O8/c1-28(2,44-3)16-31-17-29(36-24(40)9-10-25(36)41)12-19(29)26(42)34-14-22(38)32-15-23(39)35-20(27(43)33-13-21(30)37)11-18-7-5-4-6-8-18/h4-10,19-20,31H,11-17H2,1-3H3,(H2,30,37)(H,32,38)(H,33,43)(H,34,42)(H,35,39)/t19?,20-,29+/m0/s1. The van der Waals surface area contributed by atoms with Crippen LogP contribution in [0.4, 0.5) is 0 Å². The van der Waals surface area contributed by atoms with E-state index in [1.807, 2.05) is 13.8 Å². The monoisotopic (exact) mass is 613 g/mol. The Labute approximate surface area is 254 Å². The van der Waals surface area contributed by atoms with Crippen LogP contribution < -0.4 is 32.3 Å². The van der Waals surface area contributed by atoms with E-state index in [4.69, 9.17) is 10.5 Å². The van der Waals surface area contributed by atoms with Gasteiger partial charge in [-0.15, -0.1) is 0 Å². The molecule has 238 valence electrons. The second-order valence-corrected chi connectivity index (χ2v) is 11.3. The fraction of sp³-hybridized carbons (Fsp3) is 0.483. The first kappa shape index (κ1) is 33.9. The second-order valence-electron chi connectivity index (χ2n) is 11.3. The Balaban J connectivity index is 1.51. The highest BCUT2D eigenvalue weighted by Crippen LogP contribution is 2.49. The van der Waals surface area contributed by atoms with Crippen LogP contribution in [0.1, 0.15) is 25.8 Å². The van der Waals surface area contributed by atoms with Gasteiger partial charge >= 0.3 is 0 Å². The van der Waals surface area contributed by atoms with Crippen LogP contribution in [0.2, 0.25) is 0 Å². The Morgan fingerprint density at radius 1 is 0.977 bits per heavy atom. The van der Waals surface area contributed by atoms with Gasteiger partial charge in [0.15, 0.2) is 0 Å². The molecule has 15 heteroatoms. The van der Waals surface area contributed by atoms with E-state index in [1.54, 1.807) is 37.4 Å². The number of amides is 7. The molecule has 1 aliphatic carbocycles. The van der Waals surface area contributed by atoms with E-state index in [1.165, 1.54) is 0 Å². The summed E-state index contributed by atoms with van der Waals surface area (Å²) < 4.78 is 5.39. The maximum atomic E-state index is 13.0. The molecule has 3 atom stereocenters. The van der Waals surface area contributed by atoms with Crippen LogP contribution in [0.3, 0.4) is 0 Å². The summed E-state index contributed by atoms with van der Waals surface area (Å²) in [4.78, 5) is 87.6. The summed E-state index contributed by atoms with van der Waals surface area (Å²) in [5.74, 6) is -5.04. The van der Waals surface area contributed by atoms with Crippen molar-refractivity contribution in [3.63, 3.8) is 0 Å². The first-order valence-electron chi connectivity index (χ1n) is 14.0. The number of nitrogens with zero attached hydrogens (tertiary/aromatic N) is 1. The molecule has 7 N–H and O–H groups in total. The Hall–Kier alpha value is -4.63. The number of carbonyl (C=O) groups is 7. The molecule has 0 saturated heterocycles. The fourth-order valence-electron chi connectivity index (χ4n) is 4.78. The molecule has 1 unspecified atom stereocenters. The zero-order chi connectivity index (χ0) is 32.5. The largest absolute Gasteiger partial charge is 0.377 e. The minimum absolute atomic E-state index is 0.125. The molecular formula is C29H39N7O8. The molecule has 0 bridgehead atoms. The van der Waals surface area contributed by atoms with Gasteiger partial charge in [0, 0.05) is 38.8 Å². The first-order chi connectivity index (χ1) is 20.8. The van der Waals surface area contributed by atoms with Crippen molar-refractivity contribution in [3.8, 4) is 0 Å². The second kappa shape index (κ2) is 14.7. The van der Waals surface area contributed by atoms with Gasteiger partial charge in [0.25, 0.3) is 11.8 Å². The Kier molecular flexibility index (Phi) is 11.3. The minimum atomic E-state index is -1.09. The average molecular weight is 614 g/mol. The maximum absolute atomic E-state index is 13.0. The molecule has 7 amide bonds. The van der Waals surface area contributed by atoms with E-state index in [-0.39, 0.29) is 19.4 Å². The number of nitrogens with two attached hydrogens (primary N) is 1. The number of carbonyl (C=O) groups excluding carboxylic acids is 7. The normalized spacial score (nSPS) is 19.7. The molecule has 3 rings (SSSR count). The van der Waals surface area contributed by atoms with Crippen molar-refractivity contribution in [1.82, 2.24) is 31.5 Å². The smallest absolute Gasteiger partial charge is 0.254 e. The molecule has 15 nitrogen and oxygen atoms in total. The SMILES string of the molecule is COC(C)(C)CNC[C@]1(N2C(=O)C=CC2=O)CC1C(=O)NCC(=O)NCC(=O)N[C@@H](Cc1ccccc1)C(=O)NCC(N)=O. The zero-order valence-corrected chi connectivity index (χ0v) is 24.9. The third kappa shape index (κ3) is 9.18. The van der Waals surface area contributed by atoms with Crippen LogP contribution >= 0.6 is 0 Å². The summed E-state index contributed by atoms with van der Waals surface area (Å²) in [5.41, 5.74) is 4.22. The van der Waals surface area contributed by atoms with Crippen molar-refractivity contribution in [2.24, 2.45) is 11.7 Å². The number of rotatable bonds is 17. The quantitative estimate of drug-likeness (QED) is 0.100. The topological polar surface area (TPSA) is 218 Å². The van der Waals surface area contributed by atoms with Crippen LogP contribution in [0, 0.1) is 5.92 Å². The fourth-order valence-corrected chi connectivity index (χ4v) is 4.78. The van der Waals surface area contributed by atoms with E-state index in [0.717, 1.165) is 22.6 Å². The molecule has 1 aromatic carbocycles. The van der Waals surface area contributed by atoms with Gasteiger partial charge < -0.3 is 37.1 Å². The van der Waals surface area contributed by atoms with Crippen molar-refractivity contribution < 1.29 is 38.3 Å². The molecule has 0 radical (unpaired) electrons. The van der Waals surface area contributed by atoms with Gasteiger partial charge in [-0.25, -0.2) is 0 Å². The molecule has 0 aromatic heterocycles. The van der Waals surface area contributed by atoms with E-state index < -0.39 is 84.1 Å². The minimum Gasteiger partial charge on any atom is -0.377 e. The highest BCUT2D eigenvalue weighted by molar-refractivity contribution is 6.14. The van der Waals surface area contributed by atoms with Gasteiger partial charge in [-0.1, -0.05) is 30.3 Å². The summed E-state index contributed by atoms with van der Waals surface area (Å²) in [6.45, 7) is 2.91. The van der Waals surface area contributed by atoms with Gasteiger partial charge in [-0.3, -0.25) is 38.5 Å². The number of methoxy groups -OCH3 is 1. The van der Waals surface area contributed by atoms with Crippen LogP contribution in [-0.4, -0.2) is 103 Å². The Morgan fingerprint density at radius 2 is 1.61 bits per heavy atom. The highest BCUT2D eigenvalue weighted by atomic mass is 16.5. The number of imide groups is 1. The van der Waals surface area contributed by atoms with Crippen molar-refractivity contribution in [2.75, 3.05) is 39.8 Å². The summed E-state index contributed by atoms with van der Waals surface area (Å²) >= 11 is 0. The summed E-state index contributed by atoms with van der Waals surface area (Å²) in [6.07, 6.45) is 2.64. The van der Waals surface area contributed by atoms with Crippen molar-refractivity contribution in [3.05, 3.63) is 48.0 Å². The predicted molar refractivity (Wildman–Crippen MR) is 156 cm³/mol. The number of benzene rings is 1. The Morgan fingerprint density at radius 3 is 2.23 bits per heavy atom. The van der Waals surface area contributed by atoms with Gasteiger partial charge in [0.1, 0.15) is 6.04 Å². The lowest BCUT2D eigenvalue weighted by atomic mass is 10.1. The lowest BCUT2D eigenvalue weighted by Crippen LogP contribution is -2.53. The van der Waals surface area contributed by atoms with Crippen LogP contribution in [0.25, 0.3) is 0 Å². The molecule has 1 aliphatic heterocycles. The van der Waals surface area contributed by atoms with Crippen LogP contribution in [-0.2, 0) is 44.7 Å². The number of hydrogen-bond acceptors (Lipinski definition) is 9. The number of hydrogen-bond donors (Lipinski definition) is 6. The molecule has 1 aromatic rings. The molecule has 2 aliphatic rings. The highest BCUT2D eigenvalue weighted by Gasteiger charge is 2.65. The van der Waals surface area contributed by atoms with Gasteiger partial charge in [-0.05, 0) is 25.8 Å². The summed E-state index contributed by atoms with van der Waals surface area (Å²) in [7, 11) is 1.56. The average Bonchev–Trinajstić information content (AvgIpc) is 3.60. The van der Waals surface area contributed by atoms with Gasteiger partial charge in [0.2, 0.25) is 29.5 Å². The maximum Gasteiger partial charge on any atom is 0.254 e. The lowest BCUT2D eigenvalue weighted by Gasteiger charge is -2.30. The van der Waals surface area contributed by atoms with Crippen LogP contribution in [0.15, 0.2) is 42.5 Å². The molecular weight excluding hydrogens is 574 g/mol. The summed E-state index contributed by atoms with van der Waals surface area (Å²) in [5, 5.41) is 12.9. The molecule has 0 spiro atoms. The Bertz CT molecular complexity index is 1300. The molecule has 1 heterocycles. The van der Waals surface area contributed by atoms with Gasteiger partial charge in [-0.2, -0.15) is 0 Å². The van der Waals surface area contributed by atoms with E-state index in [2.05, 4.69) is 26.6 Å². The van der Waals surface area contributed by atoms with E-state index >= 15 is 0 Å². The van der Waals surface area contributed by atoms with Crippen molar-refractivity contribution in [1.29, 1.82) is 0 Å². The third-order valence-electron chi connectivity index (χ3n) is 7.39. The lowest BCUT2D eigenvalue weighted by molar-refractivity contribution is -0.141. The predicted octanol–water partition coefficient (Wildman–Crippen LogP) is -2.75. The van der Waals surface area contributed by atoms with E-state index in [9.17, 15) is 33.6 Å². The molecule has 1 saturated carbocycles. The molecule has 1 fully saturated rings. The van der Waals surface area contributed by atoms with Crippen molar-refractivity contribution >= 4 is 41.4 Å². The summed E-state index contributed by atoms with van der Waals surface area (Å²) in [6, 6.07) is 7.82. The number of primary amides is 1. The zero-order valence-electron chi connectivity index (χ0n) is 24.9. The van der Waals surface area contributed by atoms with Crippen molar-refractivity contribution in [2.45, 2.75) is 43.9 Å². The van der Waals surface area contributed by atoms with Crippen LogP contribution in [0.5, 0.6) is 0 Å². The number of nitrogens with one attached hydrogen (secondary N) is 5. The molecule has 44 heavy (non-hydrogen) atoms.